The van der Waals surface area contributed by atoms with Crippen LogP contribution in [0.5, 0.6) is 0 Å². The lowest BCUT2D eigenvalue weighted by atomic mass is 10.1. The number of hydrogen-bond acceptors (Lipinski definition) is 3. The first-order valence-corrected chi connectivity index (χ1v) is 7.70. The van der Waals surface area contributed by atoms with Gasteiger partial charge in [-0.15, -0.1) is 0 Å². The van der Waals surface area contributed by atoms with E-state index in [0.29, 0.717) is 16.9 Å². The average Bonchev–Trinajstić information content (AvgIpc) is 2.91. The number of carbonyl (C=O) groups excluding carboxylic acids is 1. The van der Waals surface area contributed by atoms with Gasteiger partial charge in [0.25, 0.3) is 5.91 Å². The molecule has 1 aliphatic heterocycles. The summed E-state index contributed by atoms with van der Waals surface area (Å²) in [4.78, 5) is 18.5. The van der Waals surface area contributed by atoms with Gasteiger partial charge in [-0.2, -0.15) is 0 Å². The number of aromatic nitrogens is 1. The lowest BCUT2D eigenvalue weighted by Gasteiger charge is -2.26. The first kappa shape index (κ1) is 15.3. The summed E-state index contributed by atoms with van der Waals surface area (Å²) in [6, 6.07) is 15.6. The van der Waals surface area contributed by atoms with Gasteiger partial charge in [0.2, 0.25) is 0 Å². The normalized spacial score (nSPS) is 16.0. The summed E-state index contributed by atoms with van der Waals surface area (Å²) in [6.45, 7) is 0. The molecule has 1 N–H and O–H groups in total. The number of rotatable bonds is 3. The summed E-state index contributed by atoms with van der Waals surface area (Å²) in [5.41, 5.74) is 1.34. The molecule has 4 rings (SSSR count). The zero-order chi connectivity index (χ0) is 17.4. The topological polar surface area (TPSA) is 45.2 Å². The molecule has 0 saturated heterocycles. The summed E-state index contributed by atoms with van der Waals surface area (Å²) in [7, 11) is 0. The lowest BCUT2D eigenvalue weighted by molar-refractivity contribution is 0.0992. The SMILES string of the molecule is O=C1c2ccccc2[C@H](Nc2ccc(F)cc2F)N1c1ccccn1. The largest absolute Gasteiger partial charge is 0.359 e. The van der Waals surface area contributed by atoms with Gasteiger partial charge in [0, 0.05) is 23.4 Å². The van der Waals surface area contributed by atoms with Crippen LogP contribution >= 0.6 is 0 Å². The van der Waals surface area contributed by atoms with Crippen molar-refractivity contribution in [1.29, 1.82) is 0 Å². The van der Waals surface area contributed by atoms with Crippen LogP contribution < -0.4 is 10.2 Å². The highest BCUT2D eigenvalue weighted by molar-refractivity contribution is 6.10. The Morgan fingerprint density at radius 3 is 2.56 bits per heavy atom. The molecule has 1 aromatic heterocycles. The van der Waals surface area contributed by atoms with Crippen LogP contribution in [0.15, 0.2) is 66.9 Å². The first-order chi connectivity index (χ1) is 12.1. The van der Waals surface area contributed by atoms with Crippen molar-refractivity contribution in [3.8, 4) is 0 Å². The van der Waals surface area contributed by atoms with Crippen molar-refractivity contribution < 1.29 is 13.6 Å². The van der Waals surface area contributed by atoms with Crippen molar-refractivity contribution in [3.05, 3.63) is 89.6 Å². The van der Waals surface area contributed by atoms with Crippen LogP contribution in [-0.4, -0.2) is 10.9 Å². The fourth-order valence-electron chi connectivity index (χ4n) is 2.95. The molecule has 0 unspecified atom stereocenters. The minimum atomic E-state index is -0.724. The number of halogens is 2. The Hall–Kier alpha value is -3.28. The van der Waals surface area contributed by atoms with E-state index in [0.717, 1.165) is 6.07 Å². The molecule has 0 fully saturated rings. The highest BCUT2D eigenvalue weighted by Gasteiger charge is 2.38. The molecule has 1 atom stereocenters. The second-order valence-corrected chi connectivity index (χ2v) is 5.62. The van der Waals surface area contributed by atoms with E-state index in [2.05, 4.69) is 10.3 Å². The lowest BCUT2D eigenvalue weighted by Crippen LogP contribution is -2.33. The van der Waals surface area contributed by atoms with Crippen LogP contribution in [0.25, 0.3) is 0 Å². The van der Waals surface area contributed by atoms with Gasteiger partial charge in [-0.1, -0.05) is 24.3 Å². The Labute approximate surface area is 142 Å². The molecule has 0 bridgehead atoms. The molecule has 124 valence electrons. The number of pyridine rings is 1. The van der Waals surface area contributed by atoms with Crippen LogP contribution in [0.2, 0.25) is 0 Å². The number of hydrogen-bond donors (Lipinski definition) is 1. The number of fused-ring (bicyclic) bond motifs is 1. The van der Waals surface area contributed by atoms with E-state index in [1.807, 2.05) is 6.07 Å². The van der Waals surface area contributed by atoms with Crippen molar-refractivity contribution in [2.24, 2.45) is 0 Å². The standard InChI is InChI=1S/C19H13F2N3O/c20-12-8-9-16(15(21)11-12)23-18-13-5-1-2-6-14(13)19(25)24(18)17-7-3-4-10-22-17/h1-11,18,23H/t18-/m1/s1. The van der Waals surface area contributed by atoms with Crippen LogP contribution in [0.3, 0.4) is 0 Å². The van der Waals surface area contributed by atoms with E-state index >= 15 is 0 Å². The van der Waals surface area contributed by atoms with E-state index in [1.54, 1.807) is 42.6 Å². The van der Waals surface area contributed by atoms with E-state index < -0.39 is 17.8 Å². The first-order valence-electron chi connectivity index (χ1n) is 7.70. The van der Waals surface area contributed by atoms with Gasteiger partial charge in [-0.05, 0) is 30.3 Å². The number of carbonyl (C=O) groups is 1. The maximum atomic E-state index is 14.1. The molecule has 4 nitrogen and oxygen atoms in total. The molecule has 0 saturated carbocycles. The summed E-state index contributed by atoms with van der Waals surface area (Å²) >= 11 is 0. The maximum absolute atomic E-state index is 14.1. The molecule has 1 aliphatic rings. The van der Waals surface area contributed by atoms with E-state index in [1.165, 1.54) is 17.0 Å². The number of amides is 1. The molecule has 6 heteroatoms. The van der Waals surface area contributed by atoms with Gasteiger partial charge in [0.15, 0.2) is 0 Å². The molecule has 25 heavy (non-hydrogen) atoms. The van der Waals surface area contributed by atoms with E-state index in [-0.39, 0.29) is 11.6 Å². The third-order valence-electron chi connectivity index (χ3n) is 4.08. The Kier molecular flexibility index (Phi) is 3.65. The number of benzene rings is 2. The molecular weight excluding hydrogens is 324 g/mol. The van der Waals surface area contributed by atoms with Crippen molar-refractivity contribution in [2.75, 3.05) is 10.2 Å². The highest BCUT2D eigenvalue weighted by Crippen LogP contribution is 2.37. The van der Waals surface area contributed by atoms with E-state index in [9.17, 15) is 13.6 Å². The Morgan fingerprint density at radius 1 is 1.00 bits per heavy atom. The summed E-state index contributed by atoms with van der Waals surface area (Å²) < 4.78 is 27.2. The quantitative estimate of drug-likeness (QED) is 0.781. The fraction of sp³-hybridized carbons (Fsp3) is 0.0526. The molecule has 0 spiro atoms. The van der Waals surface area contributed by atoms with E-state index in [4.69, 9.17) is 0 Å². The average molecular weight is 337 g/mol. The fourth-order valence-corrected chi connectivity index (χ4v) is 2.95. The Bertz CT molecular complexity index is 946. The maximum Gasteiger partial charge on any atom is 0.261 e. The molecule has 3 aromatic rings. The zero-order valence-corrected chi connectivity index (χ0v) is 13.0. The smallest absolute Gasteiger partial charge is 0.261 e. The van der Waals surface area contributed by atoms with Gasteiger partial charge < -0.3 is 5.32 Å². The minimum absolute atomic E-state index is 0.108. The molecular formula is C19H13F2N3O. The van der Waals surface area contributed by atoms with Crippen LogP contribution in [0.4, 0.5) is 20.3 Å². The predicted molar refractivity (Wildman–Crippen MR) is 90.2 cm³/mol. The van der Waals surface area contributed by atoms with Gasteiger partial charge >= 0.3 is 0 Å². The van der Waals surface area contributed by atoms with Crippen LogP contribution in [0, 0.1) is 11.6 Å². The number of nitrogens with one attached hydrogen (secondary N) is 1. The van der Waals surface area contributed by atoms with Gasteiger partial charge in [0.05, 0.1) is 5.69 Å². The van der Waals surface area contributed by atoms with Crippen molar-refractivity contribution in [2.45, 2.75) is 6.17 Å². The molecule has 2 heterocycles. The van der Waals surface area contributed by atoms with Gasteiger partial charge in [0.1, 0.15) is 23.6 Å². The Morgan fingerprint density at radius 2 is 1.80 bits per heavy atom. The van der Waals surface area contributed by atoms with Crippen LogP contribution in [-0.2, 0) is 0 Å². The van der Waals surface area contributed by atoms with Gasteiger partial charge in [-0.25, -0.2) is 13.8 Å². The highest BCUT2D eigenvalue weighted by atomic mass is 19.1. The third-order valence-corrected chi connectivity index (χ3v) is 4.08. The predicted octanol–water partition coefficient (Wildman–Crippen LogP) is 4.13. The molecule has 1 amide bonds. The van der Waals surface area contributed by atoms with Gasteiger partial charge in [-0.3, -0.25) is 9.69 Å². The molecule has 0 aliphatic carbocycles. The van der Waals surface area contributed by atoms with Crippen molar-refractivity contribution >= 4 is 17.4 Å². The monoisotopic (exact) mass is 337 g/mol. The number of nitrogens with zero attached hydrogens (tertiary/aromatic N) is 2. The summed E-state index contributed by atoms with van der Waals surface area (Å²) in [5, 5.41) is 2.99. The zero-order valence-electron chi connectivity index (χ0n) is 13.0. The van der Waals surface area contributed by atoms with Crippen molar-refractivity contribution in [3.63, 3.8) is 0 Å². The molecule has 2 aromatic carbocycles. The second kappa shape index (κ2) is 5.98. The third kappa shape index (κ3) is 2.61. The molecule has 0 radical (unpaired) electrons. The number of anilines is 2. The minimum Gasteiger partial charge on any atom is -0.359 e. The van der Waals surface area contributed by atoms with Crippen molar-refractivity contribution in [1.82, 2.24) is 4.98 Å². The Balaban J connectivity index is 1.80. The second-order valence-electron chi connectivity index (χ2n) is 5.62. The summed E-state index contributed by atoms with van der Waals surface area (Å²) in [6.07, 6.45) is 0.944. The van der Waals surface area contributed by atoms with Crippen LogP contribution in [0.1, 0.15) is 22.1 Å². The summed E-state index contributed by atoms with van der Waals surface area (Å²) in [5.74, 6) is -1.16.